The van der Waals surface area contributed by atoms with E-state index in [-0.39, 0.29) is 5.78 Å². The molecule has 0 unspecified atom stereocenters. The predicted molar refractivity (Wildman–Crippen MR) is 99.8 cm³/mol. The zero-order chi connectivity index (χ0) is 17.2. The summed E-state index contributed by atoms with van der Waals surface area (Å²) in [5.41, 5.74) is 13.3. The lowest BCUT2D eigenvalue weighted by Crippen LogP contribution is -2.46. The van der Waals surface area contributed by atoms with Gasteiger partial charge in [0, 0.05) is 11.4 Å². The Balaban J connectivity index is 2.07. The third kappa shape index (κ3) is 5.68. The van der Waals surface area contributed by atoms with E-state index in [9.17, 15) is 4.79 Å². The lowest BCUT2D eigenvalue weighted by molar-refractivity contribution is -0.120. The molecule has 0 radical (unpaired) electrons. The van der Waals surface area contributed by atoms with Gasteiger partial charge in [-0.05, 0) is 43.7 Å². The number of Topliss-reactive ketones (excluding diaryl/α,β-unsaturated/α-hetero) is 1. The molecule has 0 aliphatic carbocycles. The van der Waals surface area contributed by atoms with Crippen LogP contribution in [0.5, 0.6) is 0 Å². The van der Waals surface area contributed by atoms with Gasteiger partial charge in [-0.2, -0.15) is 0 Å². The van der Waals surface area contributed by atoms with Gasteiger partial charge in [0.15, 0.2) is 11.9 Å². The fraction of sp³-hybridized carbons (Fsp3) is 0.316. The topological polar surface area (TPSA) is 93.2 Å². The first-order valence-electron chi connectivity index (χ1n) is 8.33. The number of rotatable bonds is 10. The highest BCUT2D eigenvalue weighted by atomic mass is 16.1. The maximum Gasteiger partial charge on any atom is 0.191 e. The number of nitrogens with two attached hydrogens (primary N) is 2. The molecule has 0 aliphatic heterocycles. The highest BCUT2D eigenvalue weighted by Crippen LogP contribution is 2.14. The molecule has 5 heteroatoms. The Morgan fingerprint density at radius 3 is 1.83 bits per heavy atom. The monoisotopic (exact) mass is 326 g/mol. The Kier molecular flexibility index (Phi) is 7.26. The highest BCUT2D eigenvalue weighted by Gasteiger charge is 2.24. The summed E-state index contributed by atoms with van der Waals surface area (Å²) < 4.78 is 0. The number of ketones is 1. The molecule has 2 aromatic carbocycles. The number of carbonyl (C=O) groups excluding carboxylic acids is 1. The standard InChI is InChI=1S/C19H26N4O/c20-14-8-7-13-17(21)18(24)19(22-15-9-3-1-4-10-15)23-16-11-5-2-6-12-16/h1-6,9-12,17,19,22-23H,7-8,13-14,20-21H2/t17-/m0/s1. The van der Waals surface area contributed by atoms with Crippen LogP contribution in [0.3, 0.4) is 0 Å². The first-order chi connectivity index (χ1) is 11.7. The summed E-state index contributed by atoms with van der Waals surface area (Å²) in [6.45, 7) is 0.620. The van der Waals surface area contributed by atoms with Crippen molar-refractivity contribution in [2.45, 2.75) is 31.5 Å². The summed E-state index contributed by atoms with van der Waals surface area (Å²) >= 11 is 0. The smallest absolute Gasteiger partial charge is 0.191 e. The van der Waals surface area contributed by atoms with E-state index in [1.807, 2.05) is 60.7 Å². The second kappa shape index (κ2) is 9.70. The third-order valence-corrected chi connectivity index (χ3v) is 3.79. The van der Waals surface area contributed by atoms with Crippen molar-refractivity contribution in [3.05, 3.63) is 60.7 Å². The minimum atomic E-state index is -0.581. The van der Waals surface area contributed by atoms with Crippen LogP contribution < -0.4 is 22.1 Å². The van der Waals surface area contributed by atoms with Crippen LogP contribution in [0.1, 0.15) is 19.3 Å². The van der Waals surface area contributed by atoms with Gasteiger partial charge in [0.05, 0.1) is 6.04 Å². The van der Waals surface area contributed by atoms with Crippen LogP contribution in [0.4, 0.5) is 11.4 Å². The molecule has 0 fully saturated rings. The predicted octanol–water partition coefficient (Wildman–Crippen LogP) is 2.56. The molecule has 1 atom stereocenters. The van der Waals surface area contributed by atoms with Crippen molar-refractivity contribution in [2.75, 3.05) is 17.2 Å². The number of hydrogen-bond donors (Lipinski definition) is 4. The van der Waals surface area contributed by atoms with Gasteiger partial charge in [0.1, 0.15) is 0 Å². The van der Waals surface area contributed by atoms with Crippen molar-refractivity contribution in [1.29, 1.82) is 0 Å². The Bertz CT molecular complexity index is 562. The number of nitrogens with one attached hydrogen (secondary N) is 2. The van der Waals surface area contributed by atoms with Crippen LogP contribution in [0.15, 0.2) is 60.7 Å². The molecule has 128 valence electrons. The molecular formula is C19H26N4O. The molecule has 5 nitrogen and oxygen atoms in total. The molecule has 0 spiro atoms. The van der Waals surface area contributed by atoms with E-state index in [1.54, 1.807) is 0 Å². The highest BCUT2D eigenvalue weighted by molar-refractivity contribution is 5.93. The lowest BCUT2D eigenvalue weighted by Gasteiger charge is -2.24. The van der Waals surface area contributed by atoms with Crippen LogP contribution in [-0.2, 0) is 4.79 Å². The molecule has 0 saturated heterocycles. The fourth-order valence-electron chi connectivity index (χ4n) is 2.45. The summed E-state index contributed by atoms with van der Waals surface area (Å²) in [6, 6.07) is 18.7. The van der Waals surface area contributed by atoms with Crippen molar-refractivity contribution >= 4 is 17.2 Å². The van der Waals surface area contributed by atoms with Crippen molar-refractivity contribution in [2.24, 2.45) is 11.5 Å². The molecule has 0 saturated carbocycles. The van der Waals surface area contributed by atoms with E-state index in [0.29, 0.717) is 13.0 Å². The zero-order valence-electron chi connectivity index (χ0n) is 13.8. The van der Waals surface area contributed by atoms with Gasteiger partial charge in [0.25, 0.3) is 0 Å². The molecule has 0 aliphatic rings. The first kappa shape index (κ1) is 18.0. The molecule has 2 aromatic rings. The summed E-state index contributed by atoms with van der Waals surface area (Å²) in [5, 5.41) is 6.47. The van der Waals surface area contributed by atoms with Gasteiger partial charge in [-0.15, -0.1) is 0 Å². The number of hydrogen-bond acceptors (Lipinski definition) is 5. The summed E-state index contributed by atoms with van der Waals surface area (Å²) in [5.74, 6) is -0.0558. The van der Waals surface area contributed by atoms with Gasteiger partial charge in [-0.25, -0.2) is 0 Å². The van der Waals surface area contributed by atoms with Gasteiger partial charge >= 0.3 is 0 Å². The maximum atomic E-state index is 12.8. The van der Waals surface area contributed by atoms with E-state index >= 15 is 0 Å². The number of para-hydroxylation sites is 2. The quantitative estimate of drug-likeness (QED) is 0.398. The minimum absolute atomic E-state index is 0.0558. The number of carbonyl (C=O) groups is 1. The Hall–Kier alpha value is -2.37. The van der Waals surface area contributed by atoms with E-state index < -0.39 is 12.2 Å². The number of benzene rings is 2. The van der Waals surface area contributed by atoms with Crippen LogP contribution in [-0.4, -0.2) is 24.5 Å². The van der Waals surface area contributed by atoms with E-state index in [0.717, 1.165) is 24.2 Å². The molecule has 24 heavy (non-hydrogen) atoms. The molecule has 6 N–H and O–H groups in total. The normalized spacial score (nSPS) is 12.0. The molecule has 2 rings (SSSR count). The van der Waals surface area contributed by atoms with Crippen LogP contribution in [0, 0.1) is 0 Å². The Morgan fingerprint density at radius 2 is 1.38 bits per heavy atom. The largest absolute Gasteiger partial charge is 0.359 e. The van der Waals surface area contributed by atoms with Crippen molar-refractivity contribution in [1.82, 2.24) is 0 Å². The van der Waals surface area contributed by atoms with E-state index in [1.165, 1.54) is 0 Å². The molecule has 0 amide bonds. The summed E-state index contributed by atoms with van der Waals surface area (Å²) in [7, 11) is 0. The van der Waals surface area contributed by atoms with Gasteiger partial charge in [0.2, 0.25) is 0 Å². The minimum Gasteiger partial charge on any atom is -0.359 e. The van der Waals surface area contributed by atoms with Crippen molar-refractivity contribution in [3.63, 3.8) is 0 Å². The zero-order valence-corrected chi connectivity index (χ0v) is 13.8. The summed E-state index contributed by atoms with van der Waals surface area (Å²) in [6.07, 6.45) is 1.79. The molecule has 0 heterocycles. The van der Waals surface area contributed by atoms with E-state index in [4.69, 9.17) is 11.5 Å². The van der Waals surface area contributed by atoms with Gasteiger partial charge in [-0.1, -0.05) is 42.8 Å². The average molecular weight is 326 g/mol. The van der Waals surface area contributed by atoms with Crippen LogP contribution >= 0.6 is 0 Å². The average Bonchev–Trinajstić information content (AvgIpc) is 2.62. The molecular weight excluding hydrogens is 300 g/mol. The van der Waals surface area contributed by atoms with Crippen molar-refractivity contribution < 1.29 is 4.79 Å². The maximum absolute atomic E-state index is 12.8. The molecule has 0 aromatic heterocycles. The number of unbranched alkanes of at least 4 members (excludes halogenated alkanes) is 1. The van der Waals surface area contributed by atoms with Crippen molar-refractivity contribution in [3.8, 4) is 0 Å². The third-order valence-electron chi connectivity index (χ3n) is 3.79. The second-order valence-electron chi connectivity index (χ2n) is 5.75. The Morgan fingerprint density at radius 1 is 0.875 bits per heavy atom. The van der Waals surface area contributed by atoms with Gasteiger partial charge in [-0.3, -0.25) is 4.79 Å². The fourth-order valence-corrected chi connectivity index (χ4v) is 2.45. The SMILES string of the molecule is NCCCC[C@H](N)C(=O)C(Nc1ccccc1)Nc1ccccc1. The summed E-state index contributed by atoms with van der Waals surface area (Å²) in [4.78, 5) is 12.8. The number of anilines is 2. The Labute approximate surface area is 143 Å². The van der Waals surface area contributed by atoms with Crippen LogP contribution in [0.2, 0.25) is 0 Å². The van der Waals surface area contributed by atoms with Gasteiger partial charge < -0.3 is 22.1 Å². The van der Waals surface area contributed by atoms with Crippen LogP contribution in [0.25, 0.3) is 0 Å². The molecule has 0 bridgehead atoms. The van der Waals surface area contributed by atoms with E-state index in [2.05, 4.69) is 10.6 Å². The first-order valence-corrected chi connectivity index (χ1v) is 8.33. The second-order valence-corrected chi connectivity index (χ2v) is 5.75. The lowest BCUT2D eigenvalue weighted by atomic mass is 10.0.